The van der Waals surface area contributed by atoms with E-state index in [1.807, 2.05) is 49.4 Å². The Morgan fingerprint density at radius 3 is 2.90 bits per heavy atom. The fourth-order valence-corrected chi connectivity index (χ4v) is 4.25. The molecule has 1 N–H and O–H groups in total. The van der Waals surface area contributed by atoms with Gasteiger partial charge in [-0.25, -0.2) is 0 Å². The molecular formula is C22H21N5O2S. The SMILES string of the molecule is C[C@H](NC(=O)CSc1nnc(-c2cccnc2)n1C1CC1)c1cc2ccccc2o1. The number of benzene rings is 1. The number of para-hydroxylation sites is 1. The number of hydrogen-bond acceptors (Lipinski definition) is 6. The van der Waals surface area contributed by atoms with Crippen molar-refractivity contribution in [2.75, 3.05) is 5.75 Å². The molecule has 0 radical (unpaired) electrons. The molecule has 3 aromatic heterocycles. The third kappa shape index (κ3) is 3.82. The minimum Gasteiger partial charge on any atom is -0.459 e. The van der Waals surface area contributed by atoms with Gasteiger partial charge in [-0.05, 0) is 44.0 Å². The lowest BCUT2D eigenvalue weighted by Crippen LogP contribution is -2.28. The Balaban J connectivity index is 1.26. The van der Waals surface area contributed by atoms with Gasteiger partial charge in [-0.2, -0.15) is 0 Å². The molecule has 1 aromatic carbocycles. The average molecular weight is 420 g/mol. The quantitative estimate of drug-likeness (QED) is 0.447. The van der Waals surface area contributed by atoms with Crippen molar-refractivity contribution >= 4 is 28.6 Å². The van der Waals surface area contributed by atoms with Crippen molar-refractivity contribution in [3.63, 3.8) is 0 Å². The highest BCUT2D eigenvalue weighted by Gasteiger charge is 2.30. The fourth-order valence-electron chi connectivity index (χ4n) is 3.43. The number of nitrogens with one attached hydrogen (secondary N) is 1. The van der Waals surface area contributed by atoms with Gasteiger partial charge in [0.2, 0.25) is 5.91 Å². The Labute approximate surface area is 177 Å². The zero-order chi connectivity index (χ0) is 20.5. The average Bonchev–Trinajstić information content (AvgIpc) is 3.36. The molecular weight excluding hydrogens is 398 g/mol. The van der Waals surface area contributed by atoms with E-state index in [2.05, 4.69) is 25.1 Å². The highest BCUT2D eigenvalue weighted by atomic mass is 32.2. The third-order valence-corrected chi connectivity index (χ3v) is 6.02. The van der Waals surface area contributed by atoms with Gasteiger partial charge in [0.15, 0.2) is 11.0 Å². The minimum absolute atomic E-state index is 0.0683. The van der Waals surface area contributed by atoms with Crippen molar-refractivity contribution in [2.24, 2.45) is 0 Å². The van der Waals surface area contributed by atoms with Gasteiger partial charge < -0.3 is 9.73 Å². The van der Waals surface area contributed by atoms with E-state index < -0.39 is 0 Å². The summed E-state index contributed by atoms with van der Waals surface area (Å²) in [4.78, 5) is 16.7. The number of furan rings is 1. The molecule has 0 saturated heterocycles. The Morgan fingerprint density at radius 1 is 1.27 bits per heavy atom. The van der Waals surface area contributed by atoms with Crippen LogP contribution in [-0.4, -0.2) is 31.4 Å². The van der Waals surface area contributed by atoms with Crippen LogP contribution in [0.5, 0.6) is 0 Å². The molecule has 30 heavy (non-hydrogen) atoms. The highest BCUT2D eigenvalue weighted by Crippen LogP contribution is 2.40. The van der Waals surface area contributed by atoms with Crippen molar-refractivity contribution in [1.82, 2.24) is 25.1 Å². The number of carbonyl (C=O) groups excluding carboxylic acids is 1. The summed E-state index contributed by atoms with van der Waals surface area (Å²) in [5.41, 5.74) is 1.76. The van der Waals surface area contributed by atoms with E-state index >= 15 is 0 Å². The summed E-state index contributed by atoms with van der Waals surface area (Å²) < 4.78 is 7.99. The Bertz CT molecular complexity index is 1150. The van der Waals surface area contributed by atoms with Crippen LogP contribution >= 0.6 is 11.8 Å². The molecule has 0 unspecified atom stereocenters. The molecule has 1 amide bonds. The molecule has 8 heteroatoms. The van der Waals surface area contributed by atoms with E-state index in [1.54, 1.807) is 12.4 Å². The highest BCUT2D eigenvalue weighted by molar-refractivity contribution is 7.99. The largest absolute Gasteiger partial charge is 0.459 e. The lowest BCUT2D eigenvalue weighted by Gasteiger charge is -2.12. The second-order valence-corrected chi connectivity index (χ2v) is 8.36. The van der Waals surface area contributed by atoms with Crippen molar-refractivity contribution in [2.45, 2.75) is 37.0 Å². The Kier molecular flexibility index (Phi) is 5.00. The lowest BCUT2D eigenvalue weighted by molar-refractivity contribution is -0.119. The Hall–Kier alpha value is -3.13. The Morgan fingerprint density at radius 2 is 2.13 bits per heavy atom. The normalized spacial score (nSPS) is 14.7. The maximum Gasteiger partial charge on any atom is 0.231 e. The molecule has 5 rings (SSSR count). The predicted octanol–water partition coefficient (Wildman–Crippen LogP) is 4.39. The van der Waals surface area contributed by atoms with E-state index in [-0.39, 0.29) is 17.7 Å². The van der Waals surface area contributed by atoms with Crippen LogP contribution in [0.3, 0.4) is 0 Å². The number of thioether (sulfide) groups is 1. The second-order valence-electron chi connectivity index (χ2n) is 7.41. The van der Waals surface area contributed by atoms with Crippen LogP contribution in [0, 0.1) is 0 Å². The van der Waals surface area contributed by atoms with Gasteiger partial charge in [-0.15, -0.1) is 10.2 Å². The summed E-state index contributed by atoms with van der Waals surface area (Å²) in [5, 5.41) is 13.5. The van der Waals surface area contributed by atoms with Gasteiger partial charge >= 0.3 is 0 Å². The number of fused-ring (bicyclic) bond motifs is 1. The molecule has 7 nitrogen and oxygen atoms in total. The van der Waals surface area contributed by atoms with Gasteiger partial charge in [0.1, 0.15) is 11.3 Å². The molecule has 4 aromatic rings. The van der Waals surface area contributed by atoms with Crippen LogP contribution in [0.25, 0.3) is 22.4 Å². The standard InChI is InChI=1S/C22H21N5O2S/c1-14(19-11-15-5-2-3-7-18(15)29-19)24-20(28)13-30-22-26-25-21(27(22)17-8-9-17)16-6-4-10-23-12-16/h2-7,10-12,14,17H,8-9,13H2,1H3,(H,24,28)/t14-/m0/s1. The molecule has 0 spiro atoms. The molecule has 1 atom stereocenters. The summed E-state index contributed by atoms with van der Waals surface area (Å²) in [5.74, 6) is 1.75. The summed E-state index contributed by atoms with van der Waals surface area (Å²) in [6.45, 7) is 1.92. The molecule has 3 heterocycles. The van der Waals surface area contributed by atoms with Crippen molar-refractivity contribution in [3.8, 4) is 11.4 Å². The molecule has 0 bridgehead atoms. The van der Waals surface area contributed by atoms with Gasteiger partial charge in [0, 0.05) is 29.4 Å². The maximum atomic E-state index is 12.5. The van der Waals surface area contributed by atoms with E-state index in [1.165, 1.54) is 11.8 Å². The predicted molar refractivity (Wildman–Crippen MR) is 115 cm³/mol. The maximum absolute atomic E-state index is 12.5. The number of nitrogens with zero attached hydrogens (tertiary/aromatic N) is 4. The molecule has 1 fully saturated rings. The number of carbonyl (C=O) groups is 1. The van der Waals surface area contributed by atoms with Gasteiger partial charge in [0.25, 0.3) is 0 Å². The molecule has 152 valence electrons. The monoisotopic (exact) mass is 419 g/mol. The van der Waals surface area contributed by atoms with Gasteiger partial charge in [-0.1, -0.05) is 30.0 Å². The number of pyridine rings is 1. The van der Waals surface area contributed by atoms with Gasteiger partial charge in [0.05, 0.1) is 11.8 Å². The molecule has 1 aliphatic carbocycles. The smallest absolute Gasteiger partial charge is 0.231 e. The van der Waals surface area contributed by atoms with E-state index in [9.17, 15) is 4.79 Å². The van der Waals surface area contributed by atoms with Crippen LogP contribution in [0.15, 0.2) is 64.4 Å². The van der Waals surface area contributed by atoms with Crippen molar-refractivity contribution in [1.29, 1.82) is 0 Å². The zero-order valence-electron chi connectivity index (χ0n) is 16.5. The first-order valence-electron chi connectivity index (χ1n) is 9.95. The van der Waals surface area contributed by atoms with E-state index in [4.69, 9.17) is 4.42 Å². The summed E-state index contributed by atoms with van der Waals surface area (Å²) in [7, 11) is 0. The first kappa shape index (κ1) is 18.9. The molecule has 0 aliphatic heterocycles. The van der Waals surface area contributed by atoms with Crippen LogP contribution < -0.4 is 5.32 Å². The topological polar surface area (TPSA) is 85.8 Å². The van der Waals surface area contributed by atoms with E-state index in [0.29, 0.717) is 6.04 Å². The summed E-state index contributed by atoms with van der Waals surface area (Å²) in [6, 6.07) is 13.9. The second kappa shape index (κ2) is 7.95. The van der Waals surface area contributed by atoms with Crippen LogP contribution in [-0.2, 0) is 4.79 Å². The number of aromatic nitrogens is 4. The van der Waals surface area contributed by atoms with Crippen LogP contribution in [0.2, 0.25) is 0 Å². The summed E-state index contributed by atoms with van der Waals surface area (Å²) in [6.07, 6.45) is 5.74. The van der Waals surface area contributed by atoms with E-state index in [0.717, 1.165) is 46.1 Å². The van der Waals surface area contributed by atoms with Crippen LogP contribution in [0.1, 0.15) is 37.6 Å². The fraction of sp³-hybridized carbons (Fsp3) is 0.273. The molecule has 1 saturated carbocycles. The zero-order valence-corrected chi connectivity index (χ0v) is 17.3. The van der Waals surface area contributed by atoms with Crippen molar-refractivity contribution < 1.29 is 9.21 Å². The number of hydrogen-bond donors (Lipinski definition) is 1. The first-order chi connectivity index (χ1) is 14.7. The number of rotatable bonds is 7. The summed E-state index contributed by atoms with van der Waals surface area (Å²) >= 11 is 1.41. The van der Waals surface area contributed by atoms with Crippen LogP contribution in [0.4, 0.5) is 0 Å². The molecule has 1 aliphatic rings. The number of amides is 1. The third-order valence-electron chi connectivity index (χ3n) is 5.08. The lowest BCUT2D eigenvalue weighted by atomic mass is 10.2. The van der Waals surface area contributed by atoms with Crippen molar-refractivity contribution in [3.05, 3.63) is 60.6 Å². The minimum atomic E-state index is -0.210. The van der Waals surface area contributed by atoms with Gasteiger partial charge in [-0.3, -0.25) is 14.3 Å². The first-order valence-corrected chi connectivity index (χ1v) is 10.9.